The lowest BCUT2D eigenvalue weighted by Gasteiger charge is -2.19. The molecule has 0 aliphatic heterocycles. The fraction of sp³-hybridized carbons (Fsp3) is 0.889. The van der Waals surface area contributed by atoms with Gasteiger partial charge in [0.15, 0.2) is 6.10 Å². The maximum atomic E-state index is 12.5. The summed E-state index contributed by atoms with van der Waals surface area (Å²) in [7, 11) is -4.36. The van der Waals surface area contributed by atoms with Crippen LogP contribution in [-0.4, -0.2) is 49.3 Å². The summed E-state index contributed by atoms with van der Waals surface area (Å²) in [6.45, 7) is 3.69. The van der Waals surface area contributed by atoms with Gasteiger partial charge in [-0.2, -0.15) is 0 Å². The highest BCUT2D eigenvalue weighted by molar-refractivity contribution is 7.47. The molecular weight excluding hydrogens is 605 g/mol. The molecule has 46 heavy (non-hydrogen) atoms. The van der Waals surface area contributed by atoms with E-state index in [-0.39, 0.29) is 32.6 Å². The van der Waals surface area contributed by atoms with Crippen molar-refractivity contribution in [2.24, 2.45) is 5.73 Å². The second-order valence-electron chi connectivity index (χ2n) is 12.4. The van der Waals surface area contributed by atoms with Gasteiger partial charge in [-0.3, -0.25) is 18.6 Å². The van der Waals surface area contributed by atoms with E-state index in [1.54, 1.807) is 0 Å². The van der Waals surface area contributed by atoms with Gasteiger partial charge in [-0.15, -0.1) is 0 Å². The highest BCUT2D eigenvalue weighted by Gasteiger charge is 2.25. The van der Waals surface area contributed by atoms with Crippen molar-refractivity contribution in [1.82, 2.24) is 0 Å². The number of phosphoric ester groups is 1. The summed E-state index contributed by atoms with van der Waals surface area (Å²) < 4.78 is 32.5. The summed E-state index contributed by atoms with van der Waals surface area (Å²) in [6, 6.07) is 0. The van der Waals surface area contributed by atoms with E-state index in [1.165, 1.54) is 96.3 Å². The third kappa shape index (κ3) is 32.7. The van der Waals surface area contributed by atoms with E-state index in [2.05, 4.69) is 26.0 Å². The Morgan fingerprint density at radius 1 is 0.630 bits per heavy atom. The second kappa shape index (κ2) is 33.6. The van der Waals surface area contributed by atoms with E-state index in [9.17, 15) is 19.0 Å². The Balaban J connectivity index is 4.23. The highest BCUT2D eigenvalue weighted by Crippen LogP contribution is 2.43. The standard InChI is InChI=1S/C36H70NO8P/c1-3-5-7-9-11-13-15-16-17-18-19-21-22-24-26-28-35(38)42-32-34(33-44-46(40,41)43-31-30-37)45-36(39)29-27-25-23-20-14-12-10-8-6-4-2/h19,21,34H,3-18,20,22-33,37H2,1-2H3,(H,40,41)/b21-19+/t34-/m0/s1. The van der Waals surface area contributed by atoms with Gasteiger partial charge in [0.1, 0.15) is 6.61 Å². The number of allylic oxidation sites excluding steroid dienone is 2. The smallest absolute Gasteiger partial charge is 0.462 e. The van der Waals surface area contributed by atoms with Crippen molar-refractivity contribution >= 4 is 19.8 Å². The summed E-state index contributed by atoms with van der Waals surface area (Å²) in [5.41, 5.74) is 5.32. The average Bonchev–Trinajstić information content (AvgIpc) is 3.04. The molecule has 0 saturated carbocycles. The first kappa shape index (κ1) is 44.8. The van der Waals surface area contributed by atoms with E-state index in [0.29, 0.717) is 12.8 Å². The predicted molar refractivity (Wildman–Crippen MR) is 188 cm³/mol. The van der Waals surface area contributed by atoms with E-state index < -0.39 is 32.5 Å². The molecule has 0 bridgehead atoms. The first-order chi connectivity index (χ1) is 22.3. The van der Waals surface area contributed by atoms with Gasteiger partial charge < -0.3 is 20.1 Å². The van der Waals surface area contributed by atoms with Gasteiger partial charge in [0.2, 0.25) is 0 Å². The first-order valence-corrected chi connectivity index (χ1v) is 20.2. The lowest BCUT2D eigenvalue weighted by Crippen LogP contribution is -2.29. The number of carbonyl (C=O) groups excluding carboxylic acids is 2. The Hall–Kier alpha value is -1.25. The molecule has 0 aliphatic carbocycles. The van der Waals surface area contributed by atoms with E-state index in [0.717, 1.165) is 38.5 Å². The monoisotopic (exact) mass is 675 g/mol. The maximum Gasteiger partial charge on any atom is 0.472 e. The Morgan fingerprint density at radius 3 is 1.59 bits per heavy atom. The van der Waals surface area contributed by atoms with Crippen LogP contribution in [0.15, 0.2) is 12.2 Å². The van der Waals surface area contributed by atoms with Gasteiger partial charge in [0.05, 0.1) is 13.2 Å². The number of phosphoric acid groups is 1. The van der Waals surface area contributed by atoms with Crippen molar-refractivity contribution < 1.29 is 37.6 Å². The van der Waals surface area contributed by atoms with Gasteiger partial charge in [-0.1, -0.05) is 135 Å². The first-order valence-electron chi connectivity index (χ1n) is 18.7. The van der Waals surface area contributed by atoms with Gasteiger partial charge >= 0.3 is 19.8 Å². The normalized spacial score (nSPS) is 13.6. The zero-order chi connectivity index (χ0) is 34.0. The Kier molecular flexibility index (Phi) is 32.7. The van der Waals surface area contributed by atoms with Crippen LogP contribution in [0, 0.1) is 0 Å². The number of ether oxygens (including phenoxy) is 2. The molecule has 0 spiro atoms. The molecule has 0 rings (SSSR count). The Labute approximate surface area is 281 Å². The molecule has 272 valence electrons. The molecule has 10 heteroatoms. The summed E-state index contributed by atoms with van der Waals surface area (Å²) in [5, 5.41) is 0. The maximum absolute atomic E-state index is 12.5. The van der Waals surface area contributed by atoms with E-state index >= 15 is 0 Å². The molecule has 1 unspecified atom stereocenters. The molecule has 0 aromatic heterocycles. The SMILES string of the molecule is CCCCCCCCCCC/C=C/CCCCC(=O)OC[C@@H](COP(=O)(O)OCCN)OC(=O)CCCCCCCCCCCC. The number of rotatable bonds is 35. The topological polar surface area (TPSA) is 134 Å². The fourth-order valence-corrected chi connectivity index (χ4v) is 5.86. The summed E-state index contributed by atoms with van der Waals surface area (Å²) >= 11 is 0. The third-order valence-corrected chi connectivity index (χ3v) is 8.89. The van der Waals surface area contributed by atoms with Crippen molar-refractivity contribution in [3.05, 3.63) is 12.2 Å². The van der Waals surface area contributed by atoms with Gasteiger partial charge in [0, 0.05) is 19.4 Å². The van der Waals surface area contributed by atoms with Crippen LogP contribution in [-0.2, 0) is 32.7 Å². The quantitative estimate of drug-likeness (QED) is 0.0291. The molecule has 0 radical (unpaired) electrons. The minimum Gasteiger partial charge on any atom is -0.462 e. The number of esters is 2. The molecule has 0 aromatic carbocycles. The molecule has 0 amide bonds. The van der Waals surface area contributed by atoms with Crippen LogP contribution < -0.4 is 5.73 Å². The summed E-state index contributed by atoms with van der Waals surface area (Å²) in [4.78, 5) is 34.6. The molecule has 0 saturated heterocycles. The van der Waals surface area contributed by atoms with Crippen molar-refractivity contribution in [1.29, 1.82) is 0 Å². The zero-order valence-corrected chi connectivity index (χ0v) is 30.5. The highest BCUT2D eigenvalue weighted by atomic mass is 31.2. The van der Waals surface area contributed by atoms with E-state index in [1.807, 2.05) is 0 Å². The number of unbranched alkanes of at least 4 members (excludes halogenated alkanes) is 20. The zero-order valence-electron chi connectivity index (χ0n) is 29.6. The molecule has 0 aromatic rings. The van der Waals surface area contributed by atoms with Crippen molar-refractivity contribution in [2.75, 3.05) is 26.4 Å². The van der Waals surface area contributed by atoms with Crippen LogP contribution in [0.4, 0.5) is 0 Å². The van der Waals surface area contributed by atoms with Crippen LogP contribution >= 0.6 is 7.82 Å². The average molecular weight is 676 g/mol. The number of hydrogen-bond donors (Lipinski definition) is 2. The molecular formula is C36H70NO8P. The molecule has 9 nitrogen and oxygen atoms in total. The molecule has 0 heterocycles. The lowest BCUT2D eigenvalue weighted by atomic mass is 10.1. The van der Waals surface area contributed by atoms with Crippen molar-refractivity contribution in [2.45, 2.75) is 180 Å². The molecule has 0 fully saturated rings. The fourth-order valence-electron chi connectivity index (χ4n) is 5.10. The van der Waals surface area contributed by atoms with Crippen LogP contribution in [0.3, 0.4) is 0 Å². The largest absolute Gasteiger partial charge is 0.472 e. The third-order valence-electron chi connectivity index (χ3n) is 7.90. The van der Waals surface area contributed by atoms with E-state index in [4.69, 9.17) is 24.3 Å². The lowest BCUT2D eigenvalue weighted by molar-refractivity contribution is -0.161. The molecule has 3 N–H and O–H groups in total. The van der Waals surface area contributed by atoms with Gasteiger partial charge in [-0.25, -0.2) is 4.57 Å². The Bertz CT molecular complexity index is 779. The summed E-state index contributed by atoms with van der Waals surface area (Å²) in [5.74, 6) is -0.852. The van der Waals surface area contributed by atoms with Crippen LogP contribution in [0.1, 0.15) is 174 Å². The van der Waals surface area contributed by atoms with Gasteiger partial charge in [-0.05, 0) is 38.5 Å². The number of nitrogens with two attached hydrogens (primary N) is 1. The second-order valence-corrected chi connectivity index (χ2v) is 13.9. The predicted octanol–water partition coefficient (Wildman–Crippen LogP) is 9.88. The number of hydrogen-bond acceptors (Lipinski definition) is 8. The van der Waals surface area contributed by atoms with Crippen LogP contribution in [0.25, 0.3) is 0 Å². The minimum atomic E-state index is -4.36. The molecule has 2 atom stereocenters. The Morgan fingerprint density at radius 2 is 1.07 bits per heavy atom. The van der Waals surface area contributed by atoms with Crippen molar-refractivity contribution in [3.63, 3.8) is 0 Å². The van der Waals surface area contributed by atoms with Crippen LogP contribution in [0.2, 0.25) is 0 Å². The van der Waals surface area contributed by atoms with Crippen molar-refractivity contribution in [3.8, 4) is 0 Å². The van der Waals surface area contributed by atoms with Gasteiger partial charge in [0.25, 0.3) is 0 Å². The number of carbonyl (C=O) groups is 2. The summed E-state index contributed by atoms with van der Waals surface area (Å²) in [6.07, 6.45) is 31.0. The van der Waals surface area contributed by atoms with Crippen LogP contribution in [0.5, 0.6) is 0 Å². The molecule has 0 aliphatic rings. The minimum absolute atomic E-state index is 0.0535.